The van der Waals surface area contributed by atoms with Crippen molar-refractivity contribution in [1.29, 1.82) is 5.26 Å². The van der Waals surface area contributed by atoms with Crippen molar-refractivity contribution < 1.29 is 4.74 Å². The maximum atomic E-state index is 9.07. The molecule has 1 fully saturated rings. The molecule has 0 radical (unpaired) electrons. The second-order valence-electron chi connectivity index (χ2n) is 6.01. The molecule has 25 heavy (non-hydrogen) atoms. The van der Waals surface area contributed by atoms with Gasteiger partial charge in [-0.05, 0) is 52.9 Å². The molecule has 1 saturated carbocycles. The van der Waals surface area contributed by atoms with Crippen LogP contribution in [0.1, 0.15) is 30.4 Å². The molecule has 4 rings (SSSR count). The topological polar surface area (TPSA) is 103 Å². The Balaban J connectivity index is 1.74. The molecule has 126 valence electrons. The lowest BCUT2D eigenvalue weighted by Crippen LogP contribution is -2.25. The maximum Gasteiger partial charge on any atom is 0.320 e. The van der Waals surface area contributed by atoms with E-state index in [4.69, 9.17) is 15.7 Å². The van der Waals surface area contributed by atoms with Gasteiger partial charge in [0.15, 0.2) is 21.7 Å². The minimum atomic E-state index is 0.170. The van der Waals surface area contributed by atoms with Gasteiger partial charge >= 0.3 is 6.01 Å². The van der Waals surface area contributed by atoms with E-state index in [9.17, 15) is 0 Å². The number of rotatable bonds is 4. The Kier molecular flexibility index (Phi) is 4.01. The Morgan fingerprint density at radius 1 is 1.32 bits per heavy atom. The zero-order valence-corrected chi connectivity index (χ0v) is 14.9. The molecule has 0 saturated heterocycles. The molecule has 0 bridgehead atoms. The summed E-state index contributed by atoms with van der Waals surface area (Å²) in [6, 6.07) is 9.86. The van der Waals surface area contributed by atoms with Gasteiger partial charge in [0.25, 0.3) is 0 Å². The number of anilines is 1. The van der Waals surface area contributed by atoms with Gasteiger partial charge in [0.05, 0.1) is 18.2 Å². The van der Waals surface area contributed by atoms with E-state index >= 15 is 0 Å². The van der Waals surface area contributed by atoms with Gasteiger partial charge < -0.3 is 10.5 Å². The van der Waals surface area contributed by atoms with Crippen LogP contribution in [0.25, 0.3) is 11.2 Å². The predicted molar refractivity (Wildman–Crippen MR) is 96.0 cm³/mol. The van der Waals surface area contributed by atoms with Crippen LogP contribution in [0.15, 0.2) is 29.0 Å². The summed E-state index contributed by atoms with van der Waals surface area (Å²) in [4.78, 5) is 13.1. The summed E-state index contributed by atoms with van der Waals surface area (Å²) in [5.74, 6) is 0.296. The molecular weight excluding hydrogens is 384 g/mol. The van der Waals surface area contributed by atoms with Crippen LogP contribution in [0.3, 0.4) is 0 Å². The van der Waals surface area contributed by atoms with Gasteiger partial charge in [-0.1, -0.05) is 12.1 Å². The fourth-order valence-corrected chi connectivity index (χ4v) is 3.20. The number of halogens is 1. The SMILES string of the molecule is N#Cc1cccc(Cn2c(Br)nc3c(N)nc(OC4CCC4)nc32)c1. The van der Waals surface area contributed by atoms with Crippen molar-refractivity contribution in [1.82, 2.24) is 19.5 Å². The Morgan fingerprint density at radius 2 is 2.16 bits per heavy atom. The number of nitrogens with zero attached hydrogens (tertiary/aromatic N) is 5. The number of hydrogen-bond donors (Lipinski definition) is 1. The average molecular weight is 399 g/mol. The lowest BCUT2D eigenvalue weighted by Gasteiger charge is -2.25. The van der Waals surface area contributed by atoms with Gasteiger partial charge in [-0.2, -0.15) is 15.2 Å². The van der Waals surface area contributed by atoms with Gasteiger partial charge in [0, 0.05) is 0 Å². The normalized spacial score (nSPS) is 14.2. The first-order valence-electron chi connectivity index (χ1n) is 7.99. The van der Waals surface area contributed by atoms with Crippen molar-refractivity contribution in [2.45, 2.75) is 31.9 Å². The third kappa shape index (κ3) is 3.03. The first-order valence-corrected chi connectivity index (χ1v) is 8.78. The number of aromatic nitrogens is 4. The highest BCUT2D eigenvalue weighted by Crippen LogP contribution is 2.28. The molecule has 0 spiro atoms. The maximum absolute atomic E-state index is 9.07. The molecule has 7 nitrogen and oxygen atoms in total. The van der Waals surface area contributed by atoms with E-state index in [1.807, 2.05) is 22.8 Å². The fraction of sp³-hybridized carbons (Fsp3) is 0.294. The van der Waals surface area contributed by atoms with Gasteiger partial charge in [-0.15, -0.1) is 0 Å². The number of imidazole rings is 1. The van der Waals surface area contributed by atoms with Crippen molar-refractivity contribution in [2.24, 2.45) is 0 Å². The van der Waals surface area contributed by atoms with Crippen LogP contribution in [0, 0.1) is 11.3 Å². The van der Waals surface area contributed by atoms with E-state index in [1.54, 1.807) is 6.07 Å². The molecule has 2 aromatic heterocycles. The Morgan fingerprint density at radius 3 is 2.88 bits per heavy atom. The van der Waals surface area contributed by atoms with Crippen LogP contribution in [-0.2, 0) is 6.54 Å². The summed E-state index contributed by atoms with van der Waals surface area (Å²) in [5, 5.41) is 9.07. The van der Waals surface area contributed by atoms with Gasteiger partial charge in [0.2, 0.25) is 0 Å². The number of hydrogen-bond acceptors (Lipinski definition) is 6. The molecule has 0 unspecified atom stereocenters. The summed E-state index contributed by atoms with van der Waals surface area (Å²) in [6.07, 6.45) is 3.38. The number of fused-ring (bicyclic) bond motifs is 1. The van der Waals surface area contributed by atoms with Crippen molar-refractivity contribution in [3.63, 3.8) is 0 Å². The number of nitriles is 1. The summed E-state index contributed by atoms with van der Waals surface area (Å²) >= 11 is 3.46. The van der Waals surface area contributed by atoms with Crippen LogP contribution in [-0.4, -0.2) is 25.6 Å². The van der Waals surface area contributed by atoms with Crippen LogP contribution < -0.4 is 10.5 Å². The highest BCUT2D eigenvalue weighted by Gasteiger charge is 2.22. The van der Waals surface area contributed by atoms with Gasteiger partial charge in [-0.25, -0.2) is 4.98 Å². The lowest BCUT2D eigenvalue weighted by molar-refractivity contribution is 0.109. The zero-order chi connectivity index (χ0) is 17.4. The second kappa shape index (κ2) is 6.33. The highest BCUT2D eigenvalue weighted by molar-refractivity contribution is 9.10. The van der Waals surface area contributed by atoms with Crippen LogP contribution in [0.2, 0.25) is 0 Å². The van der Waals surface area contributed by atoms with Crippen LogP contribution >= 0.6 is 15.9 Å². The van der Waals surface area contributed by atoms with E-state index in [1.165, 1.54) is 6.42 Å². The summed E-state index contributed by atoms with van der Waals surface area (Å²) in [6.45, 7) is 0.506. The molecule has 1 aliphatic carbocycles. The summed E-state index contributed by atoms with van der Waals surface area (Å²) < 4.78 is 8.28. The fourth-order valence-electron chi connectivity index (χ4n) is 2.73. The first-order chi connectivity index (χ1) is 12.1. The van der Waals surface area contributed by atoms with E-state index in [-0.39, 0.29) is 12.1 Å². The molecule has 3 aromatic rings. The van der Waals surface area contributed by atoms with Crippen molar-refractivity contribution >= 4 is 32.9 Å². The molecule has 0 atom stereocenters. The monoisotopic (exact) mass is 398 g/mol. The number of nitrogens with two attached hydrogens (primary N) is 1. The second-order valence-corrected chi connectivity index (χ2v) is 6.72. The van der Waals surface area contributed by atoms with Crippen molar-refractivity contribution in [2.75, 3.05) is 5.73 Å². The quantitative estimate of drug-likeness (QED) is 0.677. The molecule has 0 amide bonds. The summed E-state index contributed by atoms with van der Waals surface area (Å²) in [5.41, 5.74) is 8.76. The molecule has 1 aliphatic rings. The smallest absolute Gasteiger partial charge is 0.320 e. The van der Waals surface area contributed by atoms with Gasteiger partial charge in [-0.3, -0.25) is 4.57 Å². The zero-order valence-electron chi connectivity index (χ0n) is 13.3. The number of ether oxygens (including phenoxy) is 1. The Hall–Kier alpha value is -2.66. The third-order valence-electron chi connectivity index (χ3n) is 4.28. The molecule has 2 heterocycles. The standard InChI is InChI=1S/C17H15BrN6O/c18-16-21-13-14(20)22-17(25-12-5-2-6-12)23-15(13)24(16)9-11-4-1-3-10(7-11)8-19/h1,3-4,7,12H,2,5-6,9H2,(H2,20,22,23). The highest BCUT2D eigenvalue weighted by atomic mass is 79.9. The number of benzene rings is 1. The molecule has 8 heteroatoms. The molecule has 0 aliphatic heterocycles. The molecule has 2 N–H and O–H groups in total. The Bertz CT molecular complexity index is 989. The predicted octanol–water partition coefficient (Wildman–Crippen LogP) is 3.02. The minimum Gasteiger partial charge on any atom is -0.460 e. The van der Waals surface area contributed by atoms with Gasteiger partial charge in [0.1, 0.15) is 6.10 Å². The van der Waals surface area contributed by atoms with Crippen molar-refractivity contribution in [3.05, 3.63) is 40.1 Å². The largest absolute Gasteiger partial charge is 0.460 e. The first kappa shape index (κ1) is 15.8. The summed E-state index contributed by atoms with van der Waals surface area (Å²) in [7, 11) is 0. The van der Waals surface area contributed by atoms with Crippen molar-refractivity contribution in [3.8, 4) is 12.1 Å². The van der Waals surface area contributed by atoms with E-state index in [0.717, 1.165) is 18.4 Å². The lowest BCUT2D eigenvalue weighted by atomic mass is 9.96. The van der Waals surface area contributed by atoms with Crippen LogP contribution in [0.5, 0.6) is 6.01 Å². The number of nitrogen functional groups attached to an aromatic ring is 1. The molecule has 1 aromatic carbocycles. The van der Waals surface area contributed by atoms with E-state index in [0.29, 0.717) is 33.8 Å². The minimum absolute atomic E-state index is 0.170. The third-order valence-corrected chi connectivity index (χ3v) is 4.88. The average Bonchev–Trinajstić information content (AvgIpc) is 2.88. The van der Waals surface area contributed by atoms with E-state index < -0.39 is 0 Å². The van der Waals surface area contributed by atoms with Crippen LogP contribution in [0.4, 0.5) is 5.82 Å². The molecular formula is C17H15BrN6O. The Labute approximate surface area is 152 Å². The van der Waals surface area contributed by atoms with E-state index in [2.05, 4.69) is 37.0 Å².